The number of phenols is 1. The second kappa shape index (κ2) is 8.86. The van der Waals surface area contributed by atoms with Crippen LogP contribution in [0.4, 0.5) is 4.39 Å². The number of aryl methyl sites for hydroxylation is 1. The summed E-state index contributed by atoms with van der Waals surface area (Å²) >= 11 is 6.47. The number of aromatic hydroxyl groups is 1. The largest absolute Gasteiger partial charge is 0.507 e. The number of phenolic OH excluding ortho intramolecular Hbond substituents is 1. The molecule has 4 aromatic rings. The number of rotatable bonds is 3. The lowest BCUT2D eigenvalue weighted by molar-refractivity contribution is 0.477. The lowest BCUT2D eigenvalue weighted by Gasteiger charge is -2.13. The molecule has 4 rings (SSSR count). The summed E-state index contributed by atoms with van der Waals surface area (Å²) in [5, 5.41) is 11.4. The Labute approximate surface area is 201 Å². The molecule has 0 unspecified atom stereocenters. The van der Waals surface area contributed by atoms with Crippen LogP contribution in [0.15, 0.2) is 71.8 Å². The summed E-state index contributed by atoms with van der Waals surface area (Å²) < 4.78 is 17.5. The molecule has 0 saturated heterocycles. The van der Waals surface area contributed by atoms with E-state index in [1.54, 1.807) is 69.7 Å². The van der Waals surface area contributed by atoms with Crippen molar-refractivity contribution in [2.24, 2.45) is 12.8 Å². The first-order valence-corrected chi connectivity index (χ1v) is 10.9. The molecule has 0 radical (unpaired) electrons. The number of hydrogen-bond acceptors (Lipinski definition) is 3. The van der Waals surface area contributed by atoms with Gasteiger partial charge in [-0.15, -0.1) is 0 Å². The fraction of sp³-hybridized carbons (Fsp3) is 0.148. The van der Waals surface area contributed by atoms with Crippen molar-refractivity contribution in [2.75, 3.05) is 0 Å². The van der Waals surface area contributed by atoms with Crippen LogP contribution in [0.5, 0.6) is 5.75 Å². The molecule has 3 aromatic carbocycles. The number of imidazole rings is 1. The van der Waals surface area contributed by atoms with Gasteiger partial charge in [0.1, 0.15) is 11.6 Å². The number of nitrogens with zero attached hydrogens (tertiary/aromatic N) is 2. The van der Waals surface area contributed by atoms with E-state index in [2.05, 4.69) is 11.8 Å². The predicted octanol–water partition coefficient (Wildman–Crippen LogP) is 5.10. The molecular formula is C27H23ClFN3O2. The van der Waals surface area contributed by atoms with E-state index in [0.717, 1.165) is 0 Å². The average molecular weight is 476 g/mol. The molecule has 0 aliphatic rings. The van der Waals surface area contributed by atoms with Gasteiger partial charge in [-0.25, -0.2) is 9.18 Å². The zero-order valence-corrected chi connectivity index (χ0v) is 19.7. The van der Waals surface area contributed by atoms with Crippen LogP contribution in [0.25, 0.3) is 27.9 Å². The highest BCUT2D eigenvalue weighted by atomic mass is 35.5. The molecule has 0 atom stereocenters. The molecule has 0 spiro atoms. The van der Waals surface area contributed by atoms with Crippen LogP contribution >= 0.6 is 11.6 Å². The molecule has 172 valence electrons. The Morgan fingerprint density at radius 1 is 1.03 bits per heavy atom. The van der Waals surface area contributed by atoms with E-state index in [0.29, 0.717) is 27.9 Å². The van der Waals surface area contributed by atoms with Crippen LogP contribution in [-0.4, -0.2) is 19.8 Å². The van der Waals surface area contributed by atoms with Crippen LogP contribution < -0.4 is 11.4 Å². The number of aromatic nitrogens is 2. The highest BCUT2D eigenvalue weighted by molar-refractivity contribution is 6.32. The molecule has 3 N–H and O–H groups in total. The first-order chi connectivity index (χ1) is 16.0. The van der Waals surface area contributed by atoms with Crippen molar-refractivity contribution >= 4 is 11.6 Å². The summed E-state index contributed by atoms with van der Waals surface area (Å²) in [6, 6.07) is 14.6. The zero-order chi connectivity index (χ0) is 24.6. The molecule has 1 aromatic heterocycles. The first-order valence-electron chi connectivity index (χ1n) is 10.5. The molecule has 0 saturated carbocycles. The molecule has 0 aliphatic carbocycles. The summed E-state index contributed by atoms with van der Waals surface area (Å²) in [7, 11) is 1.64. The van der Waals surface area contributed by atoms with Crippen molar-refractivity contribution in [3.8, 4) is 45.5 Å². The molecule has 0 aliphatic heterocycles. The summed E-state index contributed by atoms with van der Waals surface area (Å²) in [4.78, 5) is 12.3. The van der Waals surface area contributed by atoms with Gasteiger partial charge in [0.25, 0.3) is 0 Å². The van der Waals surface area contributed by atoms with Crippen LogP contribution in [-0.2, 0) is 7.05 Å². The van der Waals surface area contributed by atoms with E-state index in [4.69, 9.17) is 17.3 Å². The van der Waals surface area contributed by atoms with E-state index in [1.165, 1.54) is 21.3 Å². The molecule has 1 heterocycles. The minimum Gasteiger partial charge on any atom is -0.507 e. The van der Waals surface area contributed by atoms with Gasteiger partial charge in [-0.2, -0.15) is 0 Å². The lowest BCUT2D eigenvalue weighted by Crippen LogP contribution is -2.29. The van der Waals surface area contributed by atoms with Gasteiger partial charge in [0.2, 0.25) is 0 Å². The maximum atomic E-state index is 14.6. The van der Waals surface area contributed by atoms with Crippen molar-refractivity contribution in [2.45, 2.75) is 19.4 Å². The number of halogens is 2. The molecule has 0 bridgehead atoms. The Kier molecular flexibility index (Phi) is 6.09. The van der Waals surface area contributed by atoms with Gasteiger partial charge in [-0.1, -0.05) is 41.6 Å². The summed E-state index contributed by atoms with van der Waals surface area (Å²) in [6.45, 7) is 3.61. The number of benzene rings is 3. The maximum absolute atomic E-state index is 14.6. The number of hydrogen-bond donors (Lipinski definition) is 2. The van der Waals surface area contributed by atoms with Crippen molar-refractivity contribution < 1.29 is 9.50 Å². The third kappa shape index (κ3) is 4.76. The summed E-state index contributed by atoms with van der Waals surface area (Å²) in [5.74, 6) is 5.37. The average Bonchev–Trinajstić information content (AvgIpc) is 3.11. The van der Waals surface area contributed by atoms with E-state index in [1.807, 2.05) is 6.07 Å². The summed E-state index contributed by atoms with van der Waals surface area (Å²) in [6.07, 6.45) is 3.24. The van der Waals surface area contributed by atoms with E-state index in [-0.39, 0.29) is 22.0 Å². The monoisotopic (exact) mass is 475 g/mol. The molecule has 5 nitrogen and oxygen atoms in total. The van der Waals surface area contributed by atoms with Crippen molar-refractivity contribution in [3.05, 3.63) is 93.9 Å². The smallest absolute Gasteiger partial charge is 0.332 e. The standard InChI is InChI=1S/C27H23ClFN3O2/c1-27(2,30)10-9-17-5-4-6-18(13-17)21-15-20(29)16-22(25(21)33)19-7-8-24(23(28)14-19)32-12-11-31(3)26(32)34/h4-8,11-16,33H,30H2,1-3H3. The third-order valence-corrected chi connectivity index (χ3v) is 5.55. The SMILES string of the molecule is Cn1ccn(-c2ccc(-c3cc(F)cc(-c4cccc(C#CC(C)(C)N)c4)c3O)cc2Cl)c1=O. The second-order valence-electron chi connectivity index (χ2n) is 8.63. The normalized spacial score (nSPS) is 11.2. The Morgan fingerprint density at radius 3 is 2.29 bits per heavy atom. The van der Waals surface area contributed by atoms with Gasteiger partial charge in [0.15, 0.2) is 0 Å². The lowest BCUT2D eigenvalue weighted by atomic mass is 9.95. The minimum atomic E-state index is -0.652. The Balaban J connectivity index is 1.79. The van der Waals surface area contributed by atoms with Crippen LogP contribution in [0.1, 0.15) is 19.4 Å². The molecule has 34 heavy (non-hydrogen) atoms. The zero-order valence-electron chi connectivity index (χ0n) is 18.9. The van der Waals surface area contributed by atoms with E-state index < -0.39 is 11.4 Å². The molecular weight excluding hydrogens is 453 g/mol. The third-order valence-electron chi connectivity index (χ3n) is 5.24. The molecule has 0 fully saturated rings. The van der Waals surface area contributed by atoms with Gasteiger partial charge in [-0.3, -0.25) is 4.57 Å². The van der Waals surface area contributed by atoms with Crippen LogP contribution in [0.2, 0.25) is 5.02 Å². The van der Waals surface area contributed by atoms with Crippen LogP contribution in [0.3, 0.4) is 0 Å². The highest BCUT2D eigenvalue weighted by Crippen LogP contribution is 2.40. The van der Waals surface area contributed by atoms with Crippen molar-refractivity contribution in [3.63, 3.8) is 0 Å². The van der Waals surface area contributed by atoms with Crippen molar-refractivity contribution in [1.82, 2.24) is 9.13 Å². The first kappa shape index (κ1) is 23.4. The van der Waals surface area contributed by atoms with Gasteiger partial charge >= 0.3 is 5.69 Å². The van der Waals surface area contributed by atoms with Crippen molar-refractivity contribution in [1.29, 1.82) is 0 Å². The Hall–Kier alpha value is -3.79. The van der Waals surface area contributed by atoms with Gasteiger partial charge < -0.3 is 15.4 Å². The Bertz CT molecular complexity index is 1520. The Morgan fingerprint density at radius 2 is 1.71 bits per heavy atom. The fourth-order valence-electron chi connectivity index (χ4n) is 3.55. The van der Waals surface area contributed by atoms with Gasteiger partial charge in [0, 0.05) is 36.1 Å². The minimum absolute atomic E-state index is 0.0913. The van der Waals surface area contributed by atoms with Gasteiger partial charge in [0.05, 0.1) is 16.2 Å². The summed E-state index contributed by atoms with van der Waals surface area (Å²) in [5.41, 5.74) is 7.95. The molecule has 0 amide bonds. The van der Waals surface area contributed by atoms with E-state index in [9.17, 15) is 14.3 Å². The number of nitrogens with two attached hydrogens (primary N) is 1. The van der Waals surface area contributed by atoms with Crippen LogP contribution in [0, 0.1) is 17.7 Å². The molecule has 7 heteroatoms. The van der Waals surface area contributed by atoms with Gasteiger partial charge in [-0.05, 0) is 61.4 Å². The second-order valence-corrected chi connectivity index (χ2v) is 9.04. The quantitative estimate of drug-likeness (QED) is 0.405. The highest BCUT2D eigenvalue weighted by Gasteiger charge is 2.16. The maximum Gasteiger partial charge on any atom is 0.332 e. The predicted molar refractivity (Wildman–Crippen MR) is 134 cm³/mol. The topological polar surface area (TPSA) is 73.2 Å². The fourth-order valence-corrected chi connectivity index (χ4v) is 3.83. The van der Waals surface area contributed by atoms with E-state index >= 15 is 0 Å².